The van der Waals surface area contributed by atoms with Crippen LogP contribution in [0, 0.1) is 0 Å². The van der Waals surface area contributed by atoms with E-state index in [0.717, 1.165) is 0 Å². The fraction of sp³-hybridized carbons (Fsp3) is 0.750. The number of hydrogen-bond acceptors (Lipinski definition) is 5. The minimum Gasteiger partial charge on any atom is -0.480 e. The first kappa shape index (κ1) is 14.2. The second-order valence-electron chi connectivity index (χ2n) is 3.08. The molecular formula is C8H16N2O4S. The number of carboxylic acid groups (broad SMARTS) is 2. The van der Waals surface area contributed by atoms with Gasteiger partial charge < -0.3 is 21.7 Å². The van der Waals surface area contributed by atoms with E-state index < -0.39 is 24.0 Å². The summed E-state index contributed by atoms with van der Waals surface area (Å²) >= 11 is 1.46. The number of hydrogen-bond donors (Lipinski definition) is 4. The summed E-state index contributed by atoms with van der Waals surface area (Å²) in [7, 11) is 0. The Balaban J connectivity index is 3.40. The average molecular weight is 236 g/mol. The number of thioether (sulfide) groups is 1. The monoisotopic (exact) mass is 236 g/mol. The molecule has 0 aliphatic rings. The number of nitrogens with two attached hydrogens (primary N) is 2. The lowest BCUT2D eigenvalue weighted by atomic mass is 10.2. The van der Waals surface area contributed by atoms with Crippen molar-refractivity contribution in [1.29, 1.82) is 0 Å². The van der Waals surface area contributed by atoms with Gasteiger partial charge in [0.25, 0.3) is 0 Å². The van der Waals surface area contributed by atoms with Crippen molar-refractivity contribution < 1.29 is 19.8 Å². The lowest BCUT2D eigenvalue weighted by Gasteiger charge is -2.07. The van der Waals surface area contributed by atoms with E-state index in [-0.39, 0.29) is 0 Å². The molecule has 0 spiro atoms. The SMILES string of the molecule is NC(CCSCCC(N)C(=O)O)C(=O)O. The summed E-state index contributed by atoms with van der Waals surface area (Å²) < 4.78 is 0. The molecule has 88 valence electrons. The molecular weight excluding hydrogens is 220 g/mol. The normalized spacial score (nSPS) is 14.5. The van der Waals surface area contributed by atoms with Crippen LogP contribution >= 0.6 is 11.8 Å². The van der Waals surface area contributed by atoms with Gasteiger partial charge in [0.1, 0.15) is 12.1 Å². The quantitative estimate of drug-likeness (QED) is 0.411. The molecule has 15 heavy (non-hydrogen) atoms. The largest absolute Gasteiger partial charge is 0.480 e. The van der Waals surface area contributed by atoms with Crippen LogP contribution in [-0.4, -0.2) is 45.7 Å². The van der Waals surface area contributed by atoms with Gasteiger partial charge in [-0.05, 0) is 24.3 Å². The standard InChI is InChI=1S/C8H16N2O4S/c9-5(7(11)12)1-3-15-4-2-6(10)8(13)14/h5-6H,1-4,9-10H2,(H,11,12)(H,13,14). The molecule has 0 fully saturated rings. The molecule has 0 aromatic rings. The van der Waals surface area contributed by atoms with E-state index in [1.807, 2.05) is 0 Å². The van der Waals surface area contributed by atoms with Gasteiger partial charge in [0.05, 0.1) is 0 Å². The lowest BCUT2D eigenvalue weighted by Crippen LogP contribution is -2.31. The maximum atomic E-state index is 10.3. The fourth-order valence-electron chi connectivity index (χ4n) is 0.770. The van der Waals surface area contributed by atoms with Crippen molar-refractivity contribution in [3.8, 4) is 0 Å². The second-order valence-corrected chi connectivity index (χ2v) is 4.30. The molecule has 6 nitrogen and oxygen atoms in total. The van der Waals surface area contributed by atoms with Crippen molar-refractivity contribution in [3.05, 3.63) is 0 Å². The third-order valence-electron chi connectivity index (χ3n) is 1.78. The number of carbonyl (C=O) groups is 2. The lowest BCUT2D eigenvalue weighted by molar-refractivity contribution is -0.139. The van der Waals surface area contributed by atoms with E-state index in [9.17, 15) is 9.59 Å². The molecule has 0 saturated heterocycles. The predicted molar refractivity (Wildman–Crippen MR) is 57.8 cm³/mol. The van der Waals surface area contributed by atoms with Crippen LogP contribution < -0.4 is 11.5 Å². The third-order valence-corrected chi connectivity index (χ3v) is 2.83. The highest BCUT2D eigenvalue weighted by molar-refractivity contribution is 7.99. The van der Waals surface area contributed by atoms with Gasteiger partial charge in [-0.2, -0.15) is 11.8 Å². The van der Waals surface area contributed by atoms with Gasteiger partial charge in [-0.25, -0.2) is 0 Å². The predicted octanol–water partition coefficient (Wildman–Crippen LogP) is -0.676. The molecule has 0 aromatic carbocycles. The Morgan fingerprint density at radius 1 is 1.00 bits per heavy atom. The zero-order valence-electron chi connectivity index (χ0n) is 8.26. The van der Waals surface area contributed by atoms with Gasteiger partial charge in [-0.1, -0.05) is 0 Å². The number of carboxylic acids is 2. The zero-order chi connectivity index (χ0) is 11.8. The van der Waals surface area contributed by atoms with E-state index in [1.54, 1.807) is 0 Å². The maximum Gasteiger partial charge on any atom is 0.320 e. The Hall–Kier alpha value is -0.790. The molecule has 0 amide bonds. The summed E-state index contributed by atoms with van der Waals surface area (Å²) in [6, 6.07) is -1.68. The summed E-state index contributed by atoms with van der Waals surface area (Å²) in [5, 5.41) is 16.9. The van der Waals surface area contributed by atoms with E-state index >= 15 is 0 Å². The Morgan fingerprint density at radius 2 is 1.33 bits per heavy atom. The number of aliphatic carboxylic acids is 2. The summed E-state index contributed by atoms with van der Waals surface area (Å²) in [4.78, 5) is 20.7. The Labute approximate surface area is 92.0 Å². The highest BCUT2D eigenvalue weighted by Crippen LogP contribution is 2.07. The Morgan fingerprint density at radius 3 is 1.60 bits per heavy atom. The van der Waals surface area contributed by atoms with E-state index in [0.29, 0.717) is 24.3 Å². The van der Waals surface area contributed by atoms with Crippen molar-refractivity contribution in [3.63, 3.8) is 0 Å². The topological polar surface area (TPSA) is 127 Å². The summed E-state index contributed by atoms with van der Waals surface area (Å²) in [5.74, 6) is -0.838. The maximum absolute atomic E-state index is 10.3. The molecule has 6 N–H and O–H groups in total. The molecule has 0 aromatic heterocycles. The van der Waals surface area contributed by atoms with Crippen LogP contribution in [0.2, 0.25) is 0 Å². The minimum absolute atomic E-state index is 0.377. The molecule has 0 radical (unpaired) electrons. The van der Waals surface area contributed by atoms with Gasteiger partial charge in [0.2, 0.25) is 0 Å². The van der Waals surface area contributed by atoms with Crippen molar-refractivity contribution in [2.75, 3.05) is 11.5 Å². The molecule has 0 bridgehead atoms. The van der Waals surface area contributed by atoms with Crippen LogP contribution in [0.1, 0.15) is 12.8 Å². The Kier molecular flexibility index (Phi) is 7.10. The molecule has 2 unspecified atom stereocenters. The fourth-order valence-corrected chi connectivity index (χ4v) is 1.81. The molecule has 0 aliphatic heterocycles. The van der Waals surface area contributed by atoms with E-state index in [2.05, 4.69) is 0 Å². The van der Waals surface area contributed by atoms with Crippen LogP contribution in [0.5, 0.6) is 0 Å². The summed E-state index contributed by atoms with van der Waals surface area (Å²) in [6.45, 7) is 0. The average Bonchev–Trinajstić information content (AvgIpc) is 2.16. The zero-order valence-corrected chi connectivity index (χ0v) is 9.07. The molecule has 0 aliphatic carbocycles. The first-order valence-corrected chi connectivity index (χ1v) is 5.65. The van der Waals surface area contributed by atoms with Gasteiger partial charge in [0.15, 0.2) is 0 Å². The van der Waals surface area contributed by atoms with E-state index in [4.69, 9.17) is 21.7 Å². The van der Waals surface area contributed by atoms with Crippen LogP contribution in [-0.2, 0) is 9.59 Å². The molecule has 0 saturated carbocycles. The molecule has 0 heterocycles. The summed E-state index contributed by atoms with van der Waals surface area (Å²) in [5.41, 5.74) is 10.6. The van der Waals surface area contributed by atoms with Crippen LogP contribution in [0.3, 0.4) is 0 Å². The van der Waals surface area contributed by atoms with E-state index in [1.165, 1.54) is 11.8 Å². The van der Waals surface area contributed by atoms with Crippen LogP contribution in [0.15, 0.2) is 0 Å². The minimum atomic E-state index is -1.02. The van der Waals surface area contributed by atoms with Crippen LogP contribution in [0.4, 0.5) is 0 Å². The second kappa shape index (κ2) is 7.49. The highest BCUT2D eigenvalue weighted by Gasteiger charge is 2.12. The number of rotatable bonds is 8. The summed E-state index contributed by atoms with van der Waals surface area (Å²) in [6.07, 6.45) is 0.755. The molecule has 7 heteroatoms. The Bertz CT molecular complexity index is 203. The van der Waals surface area contributed by atoms with Crippen molar-refractivity contribution in [1.82, 2.24) is 0 Å². The van der Waals surface area contributed by atoms with Gasteiger partial charge in [0, 0.05) is 0 Å². The first-order chi connectivity index (χ1) is 6.95. The third kappa shape index (κ3) is 7.18. The van der Waals surface area contributed by atoms with Crippen molar-refractivity contribution in [2.24, 2.45) is 11.5 Å². The van der Waals surface area contributed by atoms with Crippen molar-refractivity contribution >= 4 is 23.7 Å². The van der Waals surface area contributed by atoms with Crippen LogP contribution in [0.25, 0.3) is 0 Å². The smallest absolute Gasteiger partial charge is 0.320 e. The van der Waals surface area contributed by atoms with Gasteiger partial charge >= 0.3 is 11.9 Å². The van der Waals surface area contributed by atoms with Gasteiger partial charge in [-0.15, -0.1) is 0 Å². The molecule has 2 atom stereocenters. The molecule has 0 rings (SSSR count). The first-order valence-electron chi connectivity index (χ1n) is 4.49. The van der Waals surface area contributed by atoms with Crippen molar-refractivity contribution in [2.45, 2.75) is 24.9 Å². The van der Waals surface area contributed by atoms with Gasteiger partial charge in [-0.3, -0.25) is 9.59 Å². The highest BCUT2D eigenvalue weighted by atomic mass is 32.2.